The zero-order valence-corrected chi connectivity index (χ0v) is 14.1. The number of carbonyl (C=O) groups excluding carboxylic acids is 1. The molecule has 6 heteroatoms. The molecule has 1 amide bonds. The summed E-state index contributed by atoms with van der Waals surface area (Å²) in [4.78, 5) is 17.0. The van der Waals surface area contributed by atoms with Crippen molar-refractivity contribution < 1.29 is 9.53 Å². The van der Waals surface area contributed by atoms with E-state index < -0.39 is 5.54 Å². The maximum Gasteiger partial charge on any atom is 0.259 e. The quantitative estimate of drug-likeness (QED) is 0.863. The van der Waals surface area contributed by atoms with Gasteiger partial charge in [-0.2, -0.15) is 0 Å². The average molecular weight is 374 g/mol. The Morgan fingerprint density at radius 1 is 1.17 bits per heavy atom. The second kappa shape index (κ2) is 6.04. The number of benzene rings is 2. The molecule has 0 fully saturated rings. The Balaban J connectivity index is 2.02. The van der Waals surface area contributed by atoms with Crippen molar-refractivity contribution in [2.75, 3.05) is 7.11 Å². The van der Waals surface area contributed by atoms with Gasteiger partial charge in [0.25, 0.3) is 5.91 Å². The molecule has 1 aliphatic heterocycles. The molecule has 23 heavy (non-hydrogen) atoms. The molecular formula is C17H16BrN3O2. The molecule has 5 nitrogen and oxygen atoms in total. The normalized spacial score (nSPS) is 20.1. The Kier molecular flexibility index (Phi) is 4.09. The first-order valence-electron chi connectivity index (χ1n) is 7.09. The van der Waals surface area contributed by atoms with Gasteiger partial charge < -0.3 is 10.5 Å². The third-order valence-electron chi connectivity index (χ3n) is 3.87. The van der Waals surface area contributed by atoms with E-state index in [1.54, 1.807) is 7.11 Å². The van der Waals surface area contributed by atoms with Crippen LogP contribution in [-0.4, -0.2) is 19.0 Å². The molecule has 1 atom stereocenters. The Hall–Kier alpha value is -2.34. The van der Waals surface area contributed by atoms with E-state index in [0.717, 1.165) is 21.3 Å². The number of ether oxygens (including phenoxy) is 1. The van der Waals surface area contributed by atoms with Crippen LogP contribution in [0.5, 0.6) is 5.75 Å². The van der Waals surface area contributed by atoms with Crippen molar-refractivity contribution in [2.24, 2.45) is 10.7 Å². The molecule has 3 rings (SSSR count). The Bertz CT molecular complexity index is 756. The number of guanidine groups is 1. The Morgan fingerprint density at radius 3 is 2.35 bits per heavy atom. The summed E-state index contributed by atoms with van der Waals surface area (Å²) in [6.45, 7) is 0. The van der Waals surface area contributed by atoms with E-state index in [9.17, 15) is 4.79 Å². The number of carbonyl (C=O) groups is 1. The van der Waals surface area contributed by atoms with Gasteiger partial charge in [-0.25, -0.2) is 4.99 Å². The van der Waals surface area contributed by atoms with Crippen molar-refractivity contribution in [1.82, 2.24) is 5.32 Å². The lowest BCUT2D eigenvalue weighted by Crippen LogP contribution is -2.40. The molecule has 3 N–H and O–H groups in total. The second-order valence-electron chi connectivity index (χ2n) is 5.34. The third kappa shape index (κ3) is 2.94. The topological polar surface area (TPSA) is 76.7 Å². The first kappa shape index (κ1) is 15.6. The summed E-state index contributed by atoms with van der Waals surface area (Å²) in [7, 11) is 1.62. The predicted octanol–water partition coefficient (Wildman–Crippen LogP) is 2.34. The lowest BCUT2D eigenvalue weighted by molar-refractivity contribution is -0.124. The highest BCUT2D eigenvalue weighted by molar-refractivity contribution is 9.10. The molecule has 1 unspecified atom stereocenters. The van der Waals surface area contributed by atoms with E-state index in [1.807, 2.05) is 48.5 Å². The summed E-state index contributed by atoms with van der Waals surface area (Å²) in [5, 5.41) is 2.62. The maximum absolute atomic E-state index is 12.6. The van der Waals surface area contributed by atoms with Crippen molar-refractivity contribution in [3.8, 4) is 5.75 Å². The van der Waals surface area contributed by atoms with E-state index in [4.69, 9.17) is 10.5 Å². The van der Waals surface area contributed by atoms with Gasteiger partial charge in [-0.3, -0.25) is 10.1 Å². The summed E-state index contributed by atoms with van der Waals surface area (Å²) < 4.78 is 6.11. The molecule has 0 saturated heterocycles. The van der Waals surface area contributed by atoms with Crippen LogP contribution in [0, 0.1) is 0 Å². The number of nitrogens with two attached hydrogens (primary N) is 1. The molecule has 0 radical (unpaired) electrons. The molecule has 1 heterocycles. The van der Waals surface area contributed by atoms with Crippen molar-refractivity contribution in [2.45, 2.75) is 12.0 Å². The van der Waals surface area contributed by atoms with Crippen LogP contribution in [0.2, 0.25) is 0 Å². The van der Waals surface area contributed by atoms with Crippen LogP contribution in [0.1, 0.15) is 11.1 Å². The summed E-state index contributed by atoms with van der Waals surface area (Å²) in [6, 6.07) is 15.1. The van der Waals surface area contributed by atoms with Gasteiger partial charge in [0.2, 0.25) is 0 Å². The summed E-state index contributed by atoms with van der Waals surface area (Å²) in [6.07, 6.45) is 0.422. The van der Waals surface area contributed by atoms with Crippen molar-refractivity contribution in [1.29, 1.82) is 0 Å². The van der Waals surface area contributed by atoms with Crippen LogP contribution in [0.25, 0.3) is 0 Å². The molecule has 1 aliphatic rings. The van der Waals surface area contributed by atoms with E-state index >= 15 is 0 Å². The number of aliphatic imine (C=N–C) groups is 1. The molecule has 0 saturated carbocycles. The summed E-state index contributed by atoms with van der Waals surface area (Å²) in [5.74, 6) is 0.699. The first-order valence-corrected chi connectivity index (χ1v) is 7.88. The van der Waals surface area contributed by atoms with Crippen molar-refractivity contribution in [3.63, 3.8) is 0 Å². The SMILES string of the molecule is COc1ccc(CC2(c3ccc(Br)cc3)N=C(N)NC2=O)cc1. The summed E-state index contributed by atoms with van der Waals surface area (Å²) in [5.41, 5.74) is 6.49. The maximum atomic E-state index is 12.6. The van der Waals surface area contributed by atoms with Crippen molar-refractivity contribution >= 4 is 27.8 Å². The number of hydrogen-bond donors (Lipinski definition) is 2. The lowest BCUT2D eigenvalue weighted by atomic mass is 9.84. The van der Waals surface area contributed by atoms with Crippen LogP contribution in [0.3, 0.4) is 0 Å². The average Bonchev–Trinajstić information content (AvgIpc) is 2.83. The fourth-order valence-corrected chi connectivity index (χ4v) is 2.95. The molecule has 0 aromatic heterocycles. The lowest BCUT2D eigenvalue weighted by Gasteiger charge is -2.24. The molecule has 0 aliphatic carbocycles. The van der Waals surface area contributed by atoms with Gasteiger partial charge in [0, 0.05) is 10.9 Å². The Morgan fingerprint density at radius 2 is 1.83 bits per heavy atom. The van der Waals surface area contributed by atoms with Gasteiger partial charge >= 0.3 is 0 Å². The monoisotopic (exact) mass is 373 g/mol. The van der Waals surface area contributed by atoms with Gasteiger partial charge in [-0.1, -0.05) is 40.2 Å². The molecule has 2 aromatic rings. The van der Waals surface area contributed by atoms with Crippen LogP contribution in [0.4, 0.5) is 0 Å². The molecule has 0 spiro atoms. The number of rotatable bonds is 4. The van der Waals surface area contributed by atoms with Crippen LogP contribution < -0.4 is 15.8 Å². The highest BCUT2D eigenvalue weighted by Gasteiger charge is 2.44. The second-order valence-corrected chi connectivity index (χ2v) is 6.26. The number of amides is 1. The number of nitrogens with zero attached hydrogens (tertiary/aromatic N) is 1. The minimum atomic E-state index is -1.04. The van der Waals surface area contributed by atoms with Gasteiger partial charge in [0.15, 0.2) is 11.5 Å². The predicted molar refractivity (Wildman–Crippen MR) is 92.3 cm³/mol. The minimum Gasteiger partial charge on any atom is -0.497 e. The number of methoxy groups -OCH3 is 1. The largest absolute Gasteiger partial charge is 0.497 e. The number of hydrogen-bond acceptors (Lipinski definition) is 4. The zero-order valence-electron chi connectivity index (χ0n) is 12.5. The molecule has 0 bridgehead atoms. The van der Waals surface area contributed by atoms with Crippen molar-refractivity contribution in [3.05, 3.63) is 64.1 Å². The third-order valence-corrected chi connectivity index (χ3v) is 4.40. The smallest absolute Gasteiger partial charge is 0.259 e. The van der Waals surface area contributed by atoms with Gasteiger partial charge in [0.05, 0.1) is 7.11 Å². The zero-order chi connectivity index (χ0) is 16.4. The first-order chi connectivity index (χ1) is 11.0. The van der Waals surface area contributed by atoms with Gasteiger partial charge in [-0.15, -0.1) is 0 Å². The standard InChI is InChI=1S/C17H16BrN3O2/c1-23-14-8-2-11(3-9-14)10-17(15(22)20-16(19)21-17)12-4-6-13(18)7-5-12/h2-9H,10H2,1H3,(H3,19,20,21,22). The highest BCUT2D eigenvalue weighted by atomic mass is 79.9. The van der Waals surface area contributed by atoms with Crippen LogP contribution >= 0.6 is 15.9 Å². The molecular weight excluding hydrogens is 358 g/mol. The fraction of sp³-hybridized carbons (Fsp3) is 0.176. The van der Waals surface area contributed by atoms with Crippen LogP contribution in [-0.2, 0) is 16.8 Å². The van der Waals surface area contributed by atoms with Gasteiger partial charge in [0.1, 0.15) is 5.75 Å². The highest BCUT2D eigenvalue weighted by Crippen LogP contribution is 2.34. The van der Waals surface area contributed by atoms with E-state index in [0.29, 0.717) is 6.42 Å². The van der Waals surface area contributed by atoms with E-state index in [-0.39, 0.29) is 11.9 Å². The number of nitrogens with one attached hydrogen (secondary N) is 1. The fourth-order valence-electron chi connectivity index (χ4n) is 2.69. The summed E-state index contributed by atoms with van der Waals surface area (Å²) >= 11 is 3.41. The van der Waals surface area contributed by atoms with E-state index in [1.165, 1.54) is 0 Å². The Labute approximate surface area is 142 Å². The van der Waals surface area contributed by atoms with Crippen LogP contribution in [0.15, 0.2) is 58.0 Å². The number of halogens is 1. The molecule has 2 aromatic carbocycles. The molecule has 118 valence electrons. The van der Waals surface area contributed by atoms with E-state index in [2.05, 4.69) is 26.2 Å². The van der Waals surface area contributed by atoms with Gasteiger partial charge in [-0.05, 0) is 35.4 Å². The minimum absolute atomic E-state index is 0.145.